The van der Waals surface area contributed by atoms with Crippen LogP contribution in [0.15, 0.2) is 77.7 Å². The number of benzene rings is 3. The van der Waals surface area contributed by atoms with E-state index >= 15 is 0 Å². The van der Waals surface area contributed by atoms with Crippen LogP contribution in [-0.2, 0) is 19.6 Å². The topological polar surface area (TPSA) is 102 Å². The summed E-state index contributed by atoms with van der Waals surface area (Å²) < 4.78 is 39.6. The van der Waals surface area contributed by atoms with Gasteiger partial charge in [-0.25, -0.2) is 8.42 Å². The number of amides is 1. The molecule has 0 aliphatic carbocycles. The summed E-state index contributed by atoms with van der Waals surface area (Å²) in [5.41, 5.74) is 0.647. The third-order valence-electron chi connectivity index (χ3n) is 5.62. The minimum atomic E-state index is -4.03. The number of ether oxygens (including phenoxy) is 2. The molecule has 1 heterocycles. The Kier molecular flexibility index (Phi) is 7.93. The van der Waals surface area contributed by atoms with E-state index in [0.29, 0.717) is 42.6 Å². The molecule has 0 aromatic heterocycles. The largest absolute Gasteiger partial charge is 0.481 e. The first-order valence-corrected chi connectivity index (χ1v) is 13.2. The fourth-order valence-corrected chi connectivity index (χ4v) is 4.99. The molecule has 8 nitrogen and oxygen atoms in total. The van der Waals surface area contributed by atoms with E-state index in [4.69, 9.17) is 21.1 Å². The first kappa shape index (κ1) is 25.7. The molecule has 1 fully saturated rings. The summed E-state index contributed by atoms with van der Waals surface area (Å²) in [6.45, 7) is 3.65. The Labute approximate surface area is 214 Å². The minimum Gasteiger partial charge on any atom is -0.481 e. The van der Waals surface area contributed by atoms with Gasteiger partial charge < -0.3 is 14.4 Å². The molecule has 3 aromatic carbocycles. The molecule has 1 aliphatic rings. The molecule has 188 valence electrons. The predicted octanol–water partition coefficient (Wildman–Crippen LogP) is 4.00. The Morgan fingerprint density at radius 2 is 1.67 bits per heavy atom. The third-order valence-corrected chi connectivity index (χ3v) is 7.24. The highest BCUT2D eigenvalue weighted by atomic mass is 35.5. The lowest BCUT2D eigenvalue weighted by Gasteiger charge is -2.29. The van der Waals surface area contributed by atoms with Gasteiger partial charge in [0.15, 0.2) is 11.9 Å². The van der Waals surface area contributed by atoms with Gasteiger partial charge in [0, 0.05) is 29.2 Å². The number of rotatable bonds is 8. The molecular weight excluding hydrogens is 504 g/mol. The second-order valence-electron chi connectivity index (χ2n) is 8.16. The average Bonchev–Trinajstić information content (AvgIpc) is 2.90. The number of morpholine rings is 1. The van der Waals surface area contributed by atoms with Crippen LogP contribution in [0.25, 0.3) is 0 Å². The van der Waals surface area contributed by atoms with Gasteiger partial charge in [0.1, 0.15) is 5.75 Å². The maximum absolute atomic E-state index is 13.1. The predicted molar refractivity (Wildman–Crippen MR) is 136 cm³/mol. The number of halogens is 1. The molecule has 0 spiro atoms. The Morgan fingerprint density at radius 3 is 2.33 bits per heavy atom. The molecule has 1 N–H and O–H groups in total. The summed E-state index contributed by atoms with van der Waals surface area (Å²) in [5, 5.41) is 0.305. The standard InChI is InChI=1S/C26H25ClN2O6S/c1-18(26(31)29-13-15-34-16-14-29)35-21-8-10-22(11-9-21)36(32,33)28-24-12-7-20(27)17-23(24)25(30)19-5-3-2-4-6-19/h2-12,17-18,28H,13-16H2,1H3/t18-/m0/s1. The van der Waals surface area contributed by atoms with Gasteiger partial charge in [0.2, 0.25) is 0 Å². The Morgan fingerprint density at radius 1 is 1.00 bits per heavy atom. The van der Waals surface area contributed by atoms with Gasteiger partial charge >= 0.3 is 0 Å². The lowest BCUT2D eigenvalue weighted by molar-refractivity contribution is -0.142. The quantitative estimate of drug-likeness (QED) is 0.443. The van der Waals surface area contributed by atoms with Gasteiger partial charge in [0.05, 0.1) is 23.8 Å². The van der Waals surface area contributed by atoms with Crippen molar-refractivity contribution >= 4 is 39.0 Å². The van der Waals surface area contributed by atoms with E-state index in [2.05, 4.69) is 4.72 Å². The molecule has 10 heteroatoms. The van der Waals surface area contributed by atoms with Crippen molar-refractivity contribution in [1.82, 2.24) is 4.90 Å². The van der Waals surface area contributed by atoms with Crippen LogP contribution in [0, 0.1) is 0 Å². The normalized spacial score (nSPS) is 14.7. The highest BCUT2D eigenvalue weighted by molar-refractivity contribution is 7.92. The minimum absolute atomic E-state index is 0.0323. The number of hydrogen-bond donors (Lipinski definition) is 1. The molecule has 1 amide bonds. The van der Waals surface area contributed by atoms with E-state index in [1.165, 1.54) is 42.5 Å². The molecule has 0 unspecified atom stereocenters. The van der Waals surface area contributed by atoms with Crippen LogP contribution in [0.2, 0.25) is 5.02 Å². The maximum atomic E-state index is 13.1. The van der Waals surface area contributed by atoms with Crippen molar-refractivity contribution in [1.29, 1.82) is 0 Å². The zero-order valence-corrected chi connectivity index (χ0v) is 21.1. The third kappa shape index (κ3) is 6.04. The molecule has 0 bridgehead atoms. The van der Waals surface area contributed by atoms with Crippen LogP contribution < -0.4 is 9.46 Å². The molecular formula is C26H25ClN2O6S. The van der Waals surface area contributed by atoms with Gasteiger partial charge in [-0.3, -0.25) is 14.3 Å². The Balaban J connectivity index is 1.49. The van der Waals surface area contributed by atoms with Gasteiger partial charge in [-0.15, -0.1) is 0 Å². The number of sulfonamides is 1. The first-order chi connectivity index (χ1) is 17.2. The summed E-state index contributed by atoms with van der Waals surface area (Å²) >= 11 is 6.09. The van der Waals surface area contributed by atoms with Crippen molar-refractivity contribution in [3.8, 4) is 5.75 Å². The number of nitrogens with one attached hydrogen (secondary N) is 1. The summed E-state index contributed by atoms with van der Waals surface area (Å²) in [7, 11) is -4.03. The van der Waals surface area contributed by atoms with Crippen molar-refractivity contribution in [2.24, 2.45) is 0 Å². The smallest absolute Gasteiger partial charge is 0.263 e. The van der Waals surface area contributed by atoms with Crippen molar-refractivity contribution in [3.63, 3.8) is 0 Å². The van der Waals surface area contributed by atoms with Gasteiger partial charge in [-0.1, -0.05) is 41.9 Å². The van der Waals surface area contributed by atoms with E-state index in [9.17, 15) is 18.0 Å². The van der Waals surface area contributed by atoms with Gasteiger partial charge in [-0.2, -0.15) is 0 Å². The maximum Gasteiger partial charge on any atom is 0.263 e. The van der Waals surface area contributed by atoms with Crippen LogP contribution in [0.4, 0.5) is 5.69 Å². The zero-order valence-electron chi connectivity index (χ0n) is 19.5. The second-order valence-corrected chi connectivity index (χ2v) is 10.3. The van der Waals surface area contributed by atoms with Crippen molar-refractivity contribution in [2.45, 2.75) is 17.9 Å². The molecule has 36 heavy (non-hydrogen) atoms. The number of hydrogen-bond acceptors (Lipinski definition) is 6. The summed E-state index contributed by atoms with van der Waals surface area (Å²) in [5.74, 6) is -0.164. The Hall–Kier alpha value is -3.40. The van der Waals surface area contributed by atoms with E-state index in [1.54, 1.807) is 42.2 Å². The molecule has 0 saturated carbocycles. The summed E-state index contributed by atoms with van der Waals surface area (Å²) in [6, 6.07) is 18.6. The van der Waals surface area contributed by atoms with Gasteiger partial charge in [-0.05, 0) is 49.4 Å². The first-order valence-electron chi connectivity index (χ1n) is 11.3. The molecule has 0 radical (unpaired) electrons. The lowest BCUT2D eigenvalue weighted by Crippen LogP contribution is -2.46. The highest BCUT2D eigenvalue weighted by Gasteiger charge is 2.24. The molecule has 3 aromatic rings. The van der Waals surface area contributed by atoms with Crippen molar-refractivity contribution in [2.75, 3.05) is 31.0 Å². The second kappa shape index (κ2) is 11.1. The van der Waals surface area contributed by atoms with Crippen molar-refractivity contribution in [3.05, 3.63) is 88.9 Å². The van der Waals surface area contributed by atoms with Crippen LogP contribution in [0.3, 0.4) is 0 Å². The molecule has 4 rings (SSSR count). The van der Waals surface area contributed by atoms with Crippen LogP contribution in [0.5, 0.6) is 5.75 Å². The van der Waals surface area contributed by atoms with E-state index in [-0.39, 0.29) is 27.8 Å². The monoisotopic (exact) mass is 528 g/mol. The number of nitrogens with zero attached hydrogens (tertiary/aromatic N) is 1. The van der Waals surface area contributed by atoms with Crippen LogP contribution in [-0.4, -0.2) is 57.4 Å². The number of ketones is 1. The molecule has 1 saturated heterocycles. The SMILES string of the molecule is C[C@H](Oc1ccc(S(=O)(=O)Nc2ccc(Cl)cc2C(=O)c2ccccc2)cc1)C(=O)N1CCOCC1. The van der Waals surface area contributed by atoms with E-state index in [0.717, 1.165) is 0 Å². The average molecular weight is 529 g/mol. The zero-order chi connectivity index (χ0) is 25.7. The number of carbonyl (C=O) groups excluding carboxylic acids is 2. The van der Waals surface area contributed by atoms with E-state index < -0.39 is 16.1 Å². The number of carbonyl (C=O) groups is 2. The number of anilines is 1. The summed E-state index contributed by atoms with van der Waals surface area (Å²) in [6.07, 6.45) is -0.732. The molecule has 1 atom stereocenters. The summed E-state index contributed by atoms with van der Waals surface area (Å²) in [4.78, 5) is 27.2. The Bertz CT molecular complexity index is 1340. The highest BCUT2D eigenvalue weighted by Crippen LogP contribution is 2.27. The molecule has 1 aliphatic heterocycles. The van der Waals surface area contributed by atoms with E-state index in [1.807, 2.05) is 0 Å². The van der Waals surface area contributed by atoms with Crippen LogP contribution in [0.1, 0.15) is 22.8 Å². The fraction of sp³-hybridized carbons (Fsp3) is 0.231. The lowest BCUT2D eigenvalue weighted by atomic mass is 10.0. The van der Waals surface area contributed by atoms with Crippen molar-refractivity contribution < 1.29 is 27.5 Å². The fourth-order valence-electron chi connectivity index (χ4n) is 3.73. The van der Waals surface area contributed by atoms with Gasteiger partial charge in [0.25, 0.3) is 15.9 Å². The van der Waals surface area contributed by atoms with Crippen LogP contribution >= 0.6 is 11.6 Å².